The summed E-state index contributed by atoms with van der Waals surface area (Å²) < 4.78 is 7.16. The van der Waals surface area contributed by atoms with E-state index in [1.807, 2.05) is 37.1 Å². The van der Waals surface area contributed by atoms with Gasteiger partial charge in [-0.05, 0) is 49.2 Å². The van der Waals surface area contributed by atoms with Crippen molar-refractivity contribution in [3.8, 4) is 5.75 Å². The highest BCUT2D eigenvalue weighted by molar-refractivity contribution is 5.80. The number of nitrogens with one attached hydrogen (secondary N) is 1. The van der Waals surface area contributed by atoms with Crippen molar-refractivity contribution >= 4 is 11.6 Å². The van der Waals surface area contributed by atoms with Crippen LogP contribution in [0.5, 0.6) is 5.75 Å². The van der Waals surface area contributed by atoms with Crippen molar-refractivity contribution in [3.05, 3.63) is 42.2 Å². The summed E-state index contributed by atoms with van der Waals surface area (Å²) in [6, 6.07) is 8.39. The van der Waals surface area contributed by atoms with Gasteiger partial charge in [-0.2, -0.15) is 5.10 Å². The number of likely N-dealkylation sites (tertiary alicyclic amines) is 1. The standard InChI is InChI=1S/C24H37N7O/c1-25-24(31-12-9-20(19-31)21-17-27-28(2)18-21)26-10-4-11-29-13-15-30(16-14-29)22-5-7-23(32-3)8-6-22/h5-8,17-18,20H,4,9-16,19H2,1-3H3,(H,25,26). The van der Waals surface area contributed by atoms with E-state index in [1.54, 1.807) is 7.11 Å². The van der Waals surface area contributed by atoms with Gasteiger partial charge in [0.25, 0.3) is 0 Å². The Labute approximate surface area is 191 Å². The van der Waals surface area contributed by atoms with Crippen LogP contribution in [-0.2, 0) is 7.05 Å². The minimum Gasteiger partial charge on any atom is -0.497 e. The number of guanidine groups is 1. The van der Waals surface area contributed by atoms with E-state index < -0.39 is 0 Å². The lowest BCUT2D eigenvalue weighted by molar-refractivity contribution is 0.255. The lowest BCUT2D eigenvalue weighted by Gasteiger charge is -2.36. The summed E-state index contributed by atoms with van der Waals surface area (Å²) in [6.07, 6.45) is 6.42. The van der Waals surface area contributed by atoms with E-state index >= 15 is 0 Å². The monoisotopic (exact) mass is 439 g/mol. The van der Waals surface area contributed by atoms with Crippen molar-refractivity contribution in [3.63, 3.8) is 0 Å². The SMILES string of the molecule is CN=C(NCCCN1CCN(c2ccc(OC)cc2)CC1)N1CCC(c2cnn(C)c2)C1. The van der Waals surface area contributed by atoms with Crippen LogP contribution in [-0.4, -0.2) is 92.1 Å². The molecule has 1 atom stereocenters. The summed E-state index contributed by atoms with van der Waals surface area (Å²) in [7, 11) is 5.58. The van der Waals surface area contributed by atoms with Crippen LogP contribution in [0.4, 0.5) is 5.69 Å². The molecule has 1 aromatic carbocycles. The van der Waals surface area contributed by atoms with Crippen LogP contribution >= 0.6 is 0 Å². The van der Waals surface area contributed by atoms with E-state index in [0.717, 1.165) is 76.9 Å². The molecule has 4 rings (SSSR count). The maximum Gasteiger partial charge on any atom is 0.193 e. The first-order valence-electron chi connectivity index (χ1n) is 11.7. The smallest absolute Gasteiger partial charge is 0.193 e. The van der Waals surface area contributed by atoms with Gasteiger partial charge in [-0.25, -0.2) is 0 Å². The van der Waals surface area contributed by atoms with Crippen LogP contribution in [0.15, 0.2) is 41.7 Å². The highest BCUT2D eigenvalue weighted by Crippen LogP contribution is 2.26. The molecule has 0 amide bonds. The third kappa shape index (κ3) is 5.54. The molecule has 8 nitrogen and oxygen atoms in total. The topological polar surface area (TPSA) is 61.2 Å². The van der Waals surface area contributed by atoms with E-state index in [4.69, 9.17) is 4.74 Å². The molecular formula is C24H37N7O. The van der Waals surface area contributed by atoms with Crippen LogP contribution in [0.25, 0.3) is 0 Å². The van der Waals surface area contributed by atoms with E-state index in [1.165, 1.54) is 11.3 Å². The van der Waals surface area contributed by atoms with Crippen LogP contribution in [0.2, 0.25) is 0 Å². The minimum atomic E-state index is 0.546. The Morgan fingerprint density at radius 2 is 1.94 bits per heavy atom. The zero-order valence-electron chi connectivity index (χ0n) is 19.7. The average Bonchev–Trinajstić information content (AvgIpc) is 3.49. The molecule has 0 saturated carbocycles. The van der Waals surface area contributed by atoms with E-state index in [0.29, 0.717) is 5.92 Å². The van der Waals surface area contributed by atoms with E-state index in [9.17, 15) is 0 Å². The number of methoxy groups -OCH3 is 1. The first kappa shape index (κ1) is 22.5. The van der Waals surface area contributed by atoms with Crippen molar-refractivity contribution in [1.29, 1.82) is 0 Å². The number of hydrogen-bond donors (Lipinski definition) is 1. The fourth-order valence-electron chi connectivity index (χ4n) is 4.73. The normalized spacial score (nSPS) is 20.1. The van der Waals surface area contributed by atoms with Gasteiger partial charge in [-0.1, -0.05) is 0 Å². The van der Waals surface area contributed by atoms with Gasteiger partial charge in [0.1, 0.15) is 5.75 Å². The Balaban J connectivity index is 1.14. The average molecular weight is 440 g/mol. The number of benzene rings is 1. The molecule has 2 aromatic rings. The molecule has 174 valence electrons. The number of aliphatic imine (C=N–C) groups is 1. The number of anilines is 1. The van der Waals surface area contributed by atoms with Crippen molar-refractivity contribution in [2.45, 2.75) is 18.8 Å². The molecule has 1 aromatic heterocycles. The molecule has 0 radical (unpaired) electrons. The highest BCUT2D eigenvalue weighted by Gasteiger charge is 2.26. The molecular weight excluding hydrogens is 402 g/mol. The second kappa shape index (κ2) is 10.7. The molecule has 0 spiro atoms. The Hall–Kier alpha value is -2.74. The second-order valence-electron chi connectivity index (χ2n) is 8.73. The van der Waals surface area contributed by atoms with Gasteiger partial charge in [-0.3, -0.25) is 14.6 Å². The molecule has 1 unspecified atom stereocenters. The van der Waals surface area contributed by atoms with Gasteiger partial charge in [0.15, 0.2) is 5.96 Å². The maximum absolute atomic E-state index is 5.26. The predicted molar refractivity (Wildman–Crippen MR) is 130 cm³/mol. The molecule has 0 bridgehead atoms. The van der Waals surface area contributed by atoms with Gasteiger partial charge in [0.05, 0.1) is 13.3 Å². The number of nitrogens with zero attached hydrogens (tertiary/aromatic N) is 6. The largest absolute Gasteiger partial charge is 0.497 e. The number of aryl methyl sites for hydroxylation is 1. The Bertz CT molecular complexity index is 871. The van der Waals surface area contributed by atoms with Crippen LogP contribution in [0, 0.1) is 0 Å². The highest BCUT2D eigenvalue weighted by atomic mass is 16.5. The number of ether oxygens (including phenoxy) is 1. The summed E-state index contributed by atoms with van der Waals surface area (Å²) in [4.78, 5) is 11.9. The molecule has 32 heavy (non-hydrogen) atoms. The number of aromatic nitrogens is 2. The van der Waals surface area contributed by atoms with E-state index in [-0.39, 0.29) is 0 Å². The van der Waals surface area contributed by atoms with E-state index in [2.05, 4.69) is 48.4 Å². The zero-order chi connectivity index (χ0) is 22.3. The summed E-state index contributed by atoms with van der Waals surface area (Å²) in [6.45, 7) is 8.51. The Kier molecular flexibility index (Phi) is 7.52. The van der Waals surface area contributed by atoms with Crippen LogP contribution in [0.1, 0.15) is 24.3 Å². The van der Waals surface area contributed by atoms with Gasteiger partial charge < -0.3 is 19.9 Å². The fraction of sp³-hybridized carbons (Fsp3) is 0.583. The molecule has 2 aliphatic rings. The van der Waals surface area contributed by atoms with Gasteiger partial charge >= 0.3 is 0 Å². The van der Waals surface area contributed by atoms with Gasteiger partial charge in [0, 0.05) is 77.7 Å². The molecule has 3 heterocycles. The molecule has 2 saturated heterocycles. The summed E-state index contributed by atoms with van der Waals surface area (Å²) >= 11 is 0. The third-order valence-electron chi connectivity index (χ3n) is 6.64. The Morgan fingerprint density at radius 3 is 2.59 bits per heavy atom. The summed E-state index contributed by atoms with van der Waals surface area (Å²) in [5, 5.41) is 7.90. The fourth-order valence-corrected chi connectivity index (χ4v) is 4.73. The first-order chi connectivity index (χ1) is 15.7. The predicted octanol–water partition coefficient (Wildman–Crippen LogP) is 2.01. The lowest BCUT2D eigenvalue weighted by Crippen LogP contribution is -2.47. The van der Waals surface area contributed by atoms with Crippen LogP contribution < -0.4 is 15.0 Å². The molecule has 1 N–H and O–H groups in total. The molecule has 2 fully saturated rings. The molecule has 2 aliphatic heterocycles. The van der Waals surface area contributed by atoms with Crippen molar-refractivity contribution in [1.82, 2.24) is 24.9 Å². The van der Waals surface area contributed by atoms with Crippen molar-refractivity contribution < 1.29 is 4.74 Å². The summed E-state index contributed by atoms with van der Waals surface area (Å²) in [5.74, 6) is 2.49. The number of hydrogen-bond acceptors (Lipinski definition) is 5. The van der Waals surface area contributed by atoms with Gasteiger partial charge in [0.2, 0.25) is 0 Å². The number of rotatable bonds is 7. The Morgan fingerprint density at radius 1 is 1.16 bits per heavy atom. The quantitative estimate of drug-likeness (QED) is 0.405. The van der Waals surface area contributed by atoms with Crippen molar-refractivity contribution in [2.75, 3.05) is 71.4 Å². The van der Waals surface area contributed by atoms with Gasteiger partial charge in [-0.15, -0.1) is 0 Å². The summed E-state index contributed by atoms with van der Waals surface area (Å²) in [5.41, 5.74) is 2.62. The molecule has 0 aliphatic carbocycles. The molecule has 8 heteroatoms. The maximum atomic E-state index is 5.26. The second-order valence-corrected chi connectivity index (χ2v) is 8.73. The third-order valence-corrected chi connectivity index (χ3v) is 6.64. The minimum absolute atomic E-state index is 0.546. The number of piperazine rings is 1. The van der Waals surface area contributed by atoms with Crippen molar-refractivity contribution in [2.24, 2.45) is 12.0 Å². The zero-order valence-corrected chi connectivity index (χ0v) is 19.7. The lowest BCUT2D eigenvalue weighted by atomic mass is 10.0. The van der Waals surface area contributed by atoms with Crippen LogP contribution in [0.3, 0.4) is 0 Å². The first-order valence-corrected chi connectivity index (χ1v) is 11.7.